The predicted octanol–water partition coefficient (Wildman–Crippen LogP) is 1.02. The SMILES string of the molecule is CN(CC(=O)O)[C@@H]1CN(CCCC2CCCC2)C[C@H]1O. The Balaban J connectivity index is 1.68. The van der Waals surface area contributed by atoms with E-state index in [9.17, 15) is 9.90 Å². The quantitative estimate of drug-likeness (QED) is 0.731. The van der Waals surface area contributed by atoms with E-state index in [4.69, 9.17) is 5.11 Å². The van der Waals surface area contributed by atoms with Gasteiger partial charge in [0.15, 0.2) is 0 Å². The molecule has 5 nitrogen and oxygen atoms in total. The molecule has 1 saturated heterocycles. The molecule has 2 atom stereocenters. The van der Waals surface area contributed by atoms with E-state index in [0.717, 1.165) is 19.0 Å². The van der Waals surface area contributed by atoms with Gasteiger partial charge < -0.3 is 10.2 Å². The van der Waals surface area contributed by atoms with Crippen LogP contribution in [0.2, 0.25) is 0 Å². The molecule has 116 valence electrons. The summed E-state index contributed by atoms with van der Waals surface area (Å²) in [7, 11) is 1.78. The first-order chi connectivity index (χ1) is 9.56. The number of carboxylic acids is 1. The minimum atomic E-state index is -0.834. The zero-order valence-electron chi connectivity index (χ0n) is 12.5. The van der Waals surface area contributed by atoms with Crippen molar-refractivity contribution in [1.29, 1.82) is 0 Å². The number of carboxylic acid groups (broad SMARTS) is 1. The van der Waals surface area contributed by atoms with Crippen molar-refractivity contribution in [2.24, 2.45) is 5.92 Å². The Labute approximate surface area is 121 Å². The van der Waals surface area contributed by atoms with E-state index < -0.39 is 12.1 Å². The van der Waals surface area contributed by atoms with E-state index in [-0.39, 0.29) is 12.6 Å². The van der Waals surface area contributed by atoms with Crippen LogP contribution in [0.5, 0.6) is 0 Å². The van der Waals surface area contributed by atoms with Crippen molar-refractivity contribution >= 4 is 5.97 Å². The fourth-order valence-electron chi connectivity index (χ4n) is 3.70. The third kappa shape index (κ3) is 4.43. The highest BCUT2D eigenvalue weighted by atomic mass is 16.4. The van der Waals surface area contributed by atoms with Gasteiger partial charge in [0.25, 0.3) is 0 Å². The topological polar surface area (TPSA) is 64.0 Å². The molecule has 2 rings (SSSR count). The molecule has 20 heavy (non-hydrogen) atoms. The minimum Gasteiger partial charge on any atom is -0.480 e. The zero-order valence-corrected chi connectivity index (χ0v) is 12.5. The number of hydrogen-bond acceptors (Lipinski definition) is 4. The Morgan fingerprint density at radius 1 is 1.30 bits per heavy atom. The average molecular weight is 284 g/mol. The summed E-state index contributed by atoms with van der Waals surface area (Å²) >= 11 is 0. The van der Waals surface area contributed by atoms with E-state index in [1.54, 1.807) is 11.9 Å². The summed E-state index contributed by atoms with van der Waals surface area (Å²) in [4.78, 5) is 14.8. The Morgan fingerprint density at radius 2 is 2.00 bits per heavy atom. The lowest BCUT2D eigenvalue weighted by Crippen LogP contribution is -2.43. The van der Waals surface area contributed by atoms with Crippen molar-refractivity contribution in [2.45, 2.75) is 50.7 Å². The van der Waals surface area contributed by atoms with Crippen LogP contribution in [-0.4, -0.2) is 71.4 Å². The molecule has 5 heteroatoms. The summed E-state index contributed by atoms with van der Waals surface area (Å²) < 4.78 is 0. The van der Waals surface area contributed by atoms with Gasteiger partial charge in [0.05, 0.1) is 12.6 Å². The van der Waals surface area contributed by atoms with Crippen molar-refractivity contribution in [3.63, 3.8) is 0 Å². The molecule has 0 unspecified atom stereocenters. The molecule has 2 N–H and O–H groups in total. The largest absolute Gasteiger partial charge is 0.480 e. The number of rotatable bonds is 7. The minimum absolute atomic E-state index is 0.00234. The second kappa shape index (κ2) is 7.38. The van der Waals surface area contributed by atoms with Gasteiger partial charge in [-0.3, -0.25) is 14.6 Å². The van der Waals surface area contributed by atoms with Crippen molar-refractivity contribution in [2.75, 3.05) is 33.2 Å². The molecular weight excluding hydrogens is 256 g/mol. The normalized spacial score (nSPS) is 28.6. The Kier molecular flexibility index (Phi) is 5.81. The van der Waals surface area contributed by atoms with Gasteiger partial charge in [-0.1, -0.05) is 25.7 Å². The van der Waals surface area contributed by atoms with E-state index in [1.807, 2.05) is 0 Å². The number of likely N-dealkylation sites (N-methyl/N-ethyl adjacent to an activating group) is 1. The van der Waals surface area contributed by atoms with Crippen molar-refractivity contribution in [3.8, 4) is 0 Å². The van der Waals surface area contributed by atoms with Gasteiger partial charge in [-0.05, 0) is 32.4 Å². The van der Waals surface area contributed by atoms with E-state index in [0.29, 0.717) is 6.54 Å². The first kappa shape index (κ1) is 15.7. The number of hydrogen-bond donors (Lipinski definition) is 2. The lowest BCUT2D eigenvalue weighted by Gasteiger charge is -2.24. The van der Waals surface area contributed by atoms with Crippen LogP contribution in [-0.2, 0) is 4.79 Å². The molecule has 0 aromatic heterocycles. The molecule has 0 bridgehead atoms. The number of β-amino-alcohol motifs (C(OH)–C–C–N with tert-alkyl or cyclic N) is 1. The van der Waals surface area contributed by atoms with Gasteiger partial charge in [-0.25, -0.2) is 0 Å². The number of nitrogens with zero attached hydrogens (tertiary/aromatic N) is 2. The standard InChI is InChI=1S/C15H28N2O3/c1-16(11-15(19)20)13-9-17(10-14(13)18)8-4-7-12-5-2-3-6-12/h12-14,18H,2-11H2,1H3,(H,19,20)/t13-,14-/m1/s1. The zero-order chi connectivity index (χ0) is 14.5. The first-order valence-corrected chi connectivity index (χ1v) is 7.88. The van der Waals surface area contributed by atoms with Gasteiger partial charge in [-0.2, -0.15) is 0 Å². The van der Waals surface area contributed by atoms with E-state index in [1.165, 1.54) is 38.5 Å². The highest BCUT2D eigenvalue weighted by Crippen LogP contribution is 2.28. The predicted molar refractivity (Wildman–Crippen MR) is 77.7 cm³/mol. The molecule has 1 aliphatic heterocycles. The summed E-state index contributed by atoms with van der Waals surface area (Å²) in [5.74, 6) is 0.0902. The van der Waals surface area contributed by atoms with Crippen LogP contribution in [0, 0.1) is 5.92 Å². The van der Waals surface area contributed by atoms with E-state index in [2.05, 4.69) is 4.90 Å². The lowest BCUT2D eigenvalue weighted by molar-refractivity contribution is -0.138. The molecular formula is C15H28N2O3. The Hall–Kier alpha value is -0.650. The Bertz CT molecular complexity index is 318. The van der Waals surface area contributed by atoms with Crippen LogP contribution < -0.4 is 0 Å². The van der Waals surface area contributed by atoms with Crippen LogP contribution >= 0.6 is 0 Å². The summed E-state index contributed by atoms with van der Waals surface area (Å²) in [6.45, 7) is 2.50. The van der Waals surface area contributed by atoms with Gasteiger partial charge in [0, 0.05) is 19.1 Å². The maximum atomic E-state index is 10.7. The smallest absolute Gasteiger partial charge is 0.317 e. The van der Waals surface area contributed by atoms with Crippen LogP contribution in [0.4, 0.5) is 0 Å². The number of aliphatic hydroxyl groups excluding tert-OH is 1. The fourth-order valence-corrected chi connectivity index (χ4v) is 3.70. The molecule has 2 fully saturated rings. The Morgan fingerprint density at radius 3 is 2.65 bits per heavy atom. The molecule has 2 aliphatic rings. The van der Waals surface area contributed by atoms with Crippen LogP contribution in [0.3, 0.4) is 0 Å². The van der Waals surface area contributed by atoms with Gasteiger partial charge >= 0.3 is 5.97 Å². The van der Waals surface area contributed by atoms with Gasteiger partial charge in [-0.15, -0.1) is 0 Å². The maximum absolute atomic E-state index is 10.7. The third-order valence-corrected chi connectivity index (χ3v) is 4.85. The molecule has 1 saturated carbocycles. The average Bonchev–Trinajstić information content (AvgIpc) is 2.98. The molecule has 0 aromatic rings. The highest BCUT2D eigenvalue weighted by molar-refractivity contribution is 5.69. The first-order valence-electron chi connectivity index (χ1n) is 7.88. The fraction of sp³-hybridized carbons (Fsp3) is 0.933. The second-order valence-electron chi connectivity index (χ2n) is 6.50. The van der Waals surface area contributed by atoms with Gasteiger partial charge in [0.1, 0.15) is 0 Å². The number of carbonyl (C=O) groups is 1. The van der Waals surface area contributed by atoms with Crippen molar-refractivity contribution in [1.82, 2.24) is 9.80 Å². The number of likely N-dealkylation sites (tertiary alicyclic amines) is 1. The lowest BCUT2D eigenvalue weighted by atomic mass is 10.0. The third-order valence-electron chi connectivity index (χ3n) is 4.85. The van der Waals surface area contributed by atoms with Crippen LogP contribution in [0.1, 0.15) is 38.5 Å². The highest BCUT2D eigenvalue weighted by Gasteiger charge is 2.34. The number of aliphatic hydroxyl groups is 1. The molecule has 1 aliphatic carbocycles. The second-order valence-corrected chi connectivity index (χ2v) is 6.50. The van der Waals surface area contributed by atoms with E-state index >= 15 is 0 Å². The molecule has 0 radical (unpaired) electrons. The summed E-state index contributed by atoms with van der Waals surface area (Å²) in [6.07, 6.45) is 7.67. The molecule has 0 spiro atoms. The summed E-state index contributed by atoms with van der Waals surface area (Å²) in [5, 5.41) is 18.9. The monoisotopic (exact) mass is 284 g/mol. The van der Waals surface area contributed by atoms with Crippen LogP contribution in [0.15, 0.2) is 0 Å². The van der Waals surface area contributed by atoms with Crippen LogP contribution in [0.25, 0.3) is 0 Å². The maximum Gasteiger partial charge on any atom is 0.317 e. The van der Waals surface area contributed by atoms with Crippen molar-refractivity contribution < 1.29 is 15.0 Å². The van der Waals surface area contributed by atoms with Gasteiger partial charge in [0.2, 0.25) is 0 Å². The van der Waals surface area contributed by atoms with Crippen molar-refractivity contribution in [3.05, 3.63) is 0 Å². The molecule has 0 amide bonds. The molecule has 1 heterocycles. The number of aliphatic carboxylic acids is 1. The summed E-state index contributed by atoms with van der Waals surface area (Å²) in [5.41, 5.74) is 0. The summed E-state index contributed by atoms with van der Waals surface area (Å²) in [6, 6.07) is -0.0439. The molecule has 0 aromatic carbocycles.